The summed E-state index contributed by atoms with van der Waals surface area (Å²) in [7, 11) is 0. The summed E-state index contributed by atoms with van der Waals surface area (Å²) in [6, 6.07) is 0. The van der Waals surface area contributed by atoms with Crippen molar-refractivity contribution in [3.8, 4) is 11.8 Å². The predicted octanol–water partition coefficient (Wildman–Crippen LogP) is 1.16. The molecular weight excluding hydrogens is 186 g/mol. The summed E-state index contributed by atoms with van der Waals surface area (Å²) in [5.41, 5.74) is 1.53. The van der Waals surface area contributed by atoms with E-state index in [1.165, 1.54) is 12.1 Å². The predicted molar refractivity (Wildman–Crippen MR) is 60.5 cm³/mol. The first-order chi connectivity index (χ1) is 7.26. The molecule has 1 aromatic rings. The fraction of sp³-hybridized carbons (Fsp3) is 0.583. The van der Waals surface area contributed by atoms with E-state index in [1.807, 2.05) is 19.4 Å². The summed E-state index contributed by atoms with van der Waals surface area (Å²) in [4.78, 5) is 4.23. The average molecular weight is 203 g/mol. The summed E-state index contributed by atoms with van der Waals surface area (Å²) in [6.45, 7) is 7.05. The minimum absolute atomic E-state index is 0.228. The van der Waals surface area contributed by atoms with Crippen molar-refractivity contribution < 1.29 is 0 Å². The van der Waals surface area contributed by atoms with Crippen molar-refractivity contribution in [3.63, 3.8) is 0 Å². The molecule has 2 rings (SSSR count). The van der Waals surface area contributed by atoms with Crippen molar-refractivity contribution in [3.05, 3.63) is 18.2 Å². The van der Waals surface area contributed by atoms with Crippen LogP contribution in [-0.4, -0.2) is 22.6 Å². The molecule has 80 valence electrons. The molecule has 0 spiro atoms. The van der Waals surface area contributed by atoms with Crippen LogP contribution in [0.5, 0.6) is 0 Å². The molecule has 3 heteroatoms. The Morgan fingerprint density at radius 2 is 2.53 bits per heavy atom. The van der Waals surface area contributed by atoms with Crippen molar-refractivity contribution in [1.82, 2.24) is 14.9 Å². The molecule has 0 radical (unpaired) electrons. The molecule has 0 aliphatic carbocycles. The van der Waals surface area contributed by atoms with Crippen LogP contribution < -0.4 is 5.32 Å². The van der Waals surface area contributed by atoms with E-state index in [1.54, 1.807) is 0 Å². The van der Waals surface area contributed by atoms with Crippen molar-refractivity contribution in [2.24, 2.45) is 0 Å². The van der Waals surface area contributed by atoms with Gasteiger partial charge in [-0.05, 0) is 19.9 Å². The monoisotopic (exact) mass is 203 g/mol. The molecule has 3 nitrogen and oxygen atoms in total. The van der Waals surface area contributed by atoms with Gasteiger partial charge in [0.05, 0.1) is 12.9 Å². The lowest BCUT2D eigenvalue weighted by atomic mass is 9.86. The maximum absolute atomic E-state index is 4.23. The Morgan fingerprint density at radius 3 is 3.20 bits per heavy atom. The highest BCUT2D eigenvalue weighted by molar-refractivity contribution is 5.18. The van der Waals surface area contributed by atoms with Crippen LogP contribution in [0, 0.1) is 11.8 Å². The highest BCUT2D eigenvalue weighted by Gasteiger charge is 2.33. The van der Waals surface area contributed by atoms with Gasteiger partial charge >= 0.3 is 0 Å². The lowest BCUT2D eigenvalue weighted by Crippen LogP contribution is -2.27. The topological polar surface area (TPSA) is 29.9 Å². The molecule has 1 aliphatic rings. The van der Waals surface area contributed by atoms with Gasteiger partial charge in [0.15, 0.2) is 0 Å². The summed E-state index contributed by atoms with van der Waals surface area (Å²) >= 11 is 0. The molecular formula is C12H17N3. The quantitative estimate of drug-likeness (QED) is 0.731. The lowest BCUT2D eigenvalue weighted by molar-refractivity contribution is 0.484. The van der Waals surface area contributed by atoms with Crippen LogP contribution in [-0.2, 0) is 12.0 Å². The van der Waals surface area contributed by atoms with Crippen LogP contribution in [0.4, 0.5) is 0 Å². The number of imidazole rings is 1. The van der Waals surface area contributed by atoms with Gasteiger partial charge in [-0.3, -0.25) is 0 Å². The number of rotatable bonds is 2. The van der Waals surface area contributed by atoms with E-state index in [0.717, 1.165) is 19.6 Å². The summed E-state index contributed by atoms with van der Waals surface area (Å²) in [5, 5.41) is 3.41. The van der Waals surface area contributed by atoms with Crippen LogP contribution in [0.25, 0.3) is 0 Å². The van der Waals surface area contributed by atoms with E-state index in [-0.39, 0.29) is 5.41 Å². The third-order valence-corrected chi connectivity index (χ3v) is 3.13. The molecule has 0 amide bonds. The molecule has 1 N–H and O–H groups in total. The highest BCUT2D eigenvalue weighted by Crippen LogP contribution is 2.29. The van der Waals surface area contributed by atoms with Crippen molar-refractivity contribution in [2.75, 3.05) is 13.1 Å². The minimum Gasteiger partial charge on any atom is -0.322 e. The summed E-state index contributed by atoms with van der Waals surface area (Å²) in [6.07, 6.45) is 5.03. The number of nitrogens with zero attached hydrogens (tertiary/aromatic N) is 2. The Labute approximate surface area is 90.9 Å². The molecule has 0 saturated carbocycles. The van der Waals surface area contributed by atoms with Gasteiger partial charge in [-0.1, -0.05) is 12.8 Å². The fourth-order valence-corrected chi connectivity index (χ4v) is 2.15. The molecule has 0 aromatic carbocycles. The van der Waals surface area contributed by atoms with Gasteiger partial charge in [-0.15, -0.1) is 5.92 Å². The van der Waals surface area contributed by atoms with Crippen LogP contribution in [0.15, 0.2) is 12.5 Å². The van der Waals surface area contributed by atoms with Crippen LogP contribution in [0.2, 0.25) is 0 Å². The Kier molecular flexibility index (Phi) is 2.79. The molecule has 1 atom stereocenters. The largest absolute Gasteiger partial charge is 0.322 e. The van der Waals surface area contributed by atoms with Gasteiger partial charge in [0.25, 0.3) is 0 Å². The fourth-order valence-electron chi connectivity index (χ4n) is 2.15. The Bertz CT molecular complexity index is 388. The molecule has 0 bridgehead atoms. The zero-order chi connectivity index (χ0) is 10.7. The van der Waals surface area contributed by atoms with E-state index in [2.05, 4.69) is 33.6 Å². The van der Waals surface area contributed by atoms with Gasteiger partial charge in [-0.2, -0.15) is 0 Å². The maximum Gasteiger partial charge on any atom is 0.0956 e. The van der Waals surface area contributed by atoms with E-state index < -0.39 is 0 Å². The number of hydrogen-bond acceptors (Lipinski definition) is 2. The van der Waals surface area contributed by atoms with Gasteiger partial charge in [-0.25, -0.2) is 4.98 Å². The summed E-state index contributed by atoms with van der Waals surface area (Å²) in [5.74, 6) is 6.01. The highest BCUT2D eigenvalue weighted by atomic mass is 15.1. The number of nitrogens with one attached hydrogen (secondary N) is 1. The Hall–Kier alpha value is -1.27. The SMILES string of the molecule is CC#CCn1cncc1C1(C)CCNC1. The van der Waals surface area contributed by atoms with Crippen LogP contribution >= 0.6 is 0 Å². The molecule has 1 fully saturated rings. The average Bonchev–Trinajstić information content (AvgIpc) is 2.84. The lowest BCUT2D eigenvalue weighted by Gasteiger charge is -2.23. The zero-order valence-electron chi connectivity index (χ0n) is 9.38. The smallest absolute Gasteiger partial charge is 0.0956 e. The van der Waals surface area contributed by atoms with Crippen molar-refractivity contribution >= 4 is 0 Å². The van der Waals surface area contributed by atoms with Gasteiger partial charge < -0.3 is 9.88 Å². The second-order valence-electron chi connectivity index (χ2n) is 4.32. The van der Waals surface area contributed by atoms with Crippen molar-refractivity contribution in [2.45, 2.75) is 32.2 Å². The standard InChI is InChI=1S/C12H17N3/c1-3-4-7-15-10-14-8-11(15)12(2)5-6-13-9-12/h8,10,13H,5-7,9H2,1-2H3. The zero-order valence-corrected chi connectivity index (χ0v) is 9.38. The third kappa shape index (κ3) is 1.91. The molecule has 1 aliphatic heterocycles. The van der Waals surface area contributed by atoms with Gasteiger partial charge in [0, 0.05) is 23.9 Å². The normalized spacial score (nSPS) is 24.9. The van der Waals surface area contributed by atoms with Crippen molar-refractivity contribution in [1.29, 1.82) is 0 Å². The second-order valence-corrected chi connectivity index (χ2v) is 4.32. The van der Waals surface area contributed by atoms with Gasteiger partial charge in [0.2, 0.25) is 0 Å². The minimum atomic E-state index is 0.228. The second kappa shape index (κ2) is 4.08. The molecule has 1 saturated heterocycles. The Morgan fingerprint density at radius 1 is 1.67 bits per heavy atom. The first kappa shape index (κ1) is 10.3. The molecule has 15 heavy (non-hydrogen) atoms. The maximum atomic E-state index is 4.23. The van der Waals surface area contributed by atoms with Gasteiger partial charge in [0.1, 0.15) is 0 Å². The summed E-state index contributed by atoms with van der Waals surface area (Å²) < 4.78 is 2.16. The molecule has 1 aromatic heterocycles. The third-order valence-electron chi connectivity index (χ3n) is 3.13. The number of aromatic nitrogens is 2. The molecule has 1 unspecified atom stereocenters. The van der Waals surface area contributed by atoms with E-state index in [4.69, 9.17) is 0 Å². The van der Waals surface area contributed by atoms with Crippen LogP contribution in [0.1, 0.15) is 26.0 Å². The van der Waals surface area contributed by atoms with E-state index >= 15 is 0 Å². The van der Waals surface area contributed by atoms with E-state index in [0.29, 0.717) is 0 Å². The first-order valence-corrected chi connectivity index (χ1v) is 5.37. The Balaban J connectivity index is 2.26. The number of hydrogen-bond donors (Lipinski definition) is 1. The molecule has 2 heterocycles. The van der Waals surface area contributed by atoms with E-state index in [9.17, 15) is 0 Å². The van der Waals surface area contributed by atoms with Crippen LogP contribution in [0.3, 0.4) is 0 Å². The first-order valence-electron chi connectivity index (χ1n) is 5.37.